The van der Waals surface area contributed by atoms with Gasteiger partial charge in [0.15, 0.2) is 0 Å². The highest BCUT2D eigenvalue weighted by Gasteiger charge is 2.28. The molecule has 0 amide bonds. The van der Waals surface area contributed by atoms with E-state index in [4.69, 9.17) is 4.74 Å². The molecular formula is C15H22F3NOS. The number of ether oxygens (including phenoxy) is 1. The molecule has 0 saturated heterocycles. The van der Waals surface area contributed by atoms with Crippen LogP contribution in [-0.4, -0.2) is 25.4 Å². The summed E-state index contributed by atoms with van der Waals surface area (Å²) in [6, 6.07) is 1.95. The fourth-order valence-corrected chi connectivity index (χ4v) is 4.10. The fourth-order valence-electron chi connectivity index (χ4n) is 2.71. The maximum atomic E-state index is 12.2. The molecule has 0 aromatic carbocycles. The summed E-state index contributed by atoms with van der Waals surface area (Å²) >= 11 is 1.73. The van der Waals surface area contributed by atoms with E-state index in [1.807, 2.05) is 6.92 Å². The Morgan fingerprint density at radius 3 is 2.90 bits per heavy atom. The summed E-state index contributed by atoms with van der Waals surface area (Å²) in [5.41, 5.74) is 1.26. The Kier molecular flexibility index (Phi) is 5.68. The van der Waals surface area contributed by atoms with Gasteiger partial charge in [-0.2, -0.15) is 13.2 Å². The first-order valence-electron chi connectivity index (χ1n) is 7.42. The van der Waals surface area contributed by atoms with Crippen molar-refractivity contribution in [1.29, 1.82) is 0 Å². The molecule has 1 aliphatic rings. The minimum Gasteiger partial charge on any atom is -0.374 e. The minimum atomic E-state index is -4.15. The third-order valence-electron chi connectivity index (χ3n) is 3.64. The predicted molar refractivity (Wildman–Crippen MR) is 78.8 cm³/mol. The topological polar surface area (TPSA) is 21.3 Å². The van der Waals surface area contributed by atoms with E-state index in [1.165, 1.54) is 10.4 Å². The van der Waals surface area contributed by atoms with Crippen molar-refractivity contribution in [2.45, 2.75) is 57.9 Å². The molecule has 1 aromatic rings. The average Bonchev–Trinajstić information content (AvgIpc) is 2.79. The van der Waals surface area contributed by atoms with Crippen molar-refractivity contribution < 1.29 is 17.9 Å². The Morgan fingerprint density at radius 2 is 2.24 bits per heavy atom. The summed E-state index contributed by atoms with van der Waals surface area (Å²) in [7, 11) is 0. The van der Waals surface area contributed by atoms with E-state index in [0.29, 0.717) is 13.0 Å². The molecule has 0 fully saturated rings. The van der Waals surface area contributed by atoms with Crippen LogP contribution in [0.4, 0.5) is 13.2 Å². The van der Waals surface area contributed by atoms with Crippen LogP contribution in [-0.2, 0) is 17.6 Å². The van der Waals surface area contributed by atoms with Gasteiger partial charge in [0.25, 0.3) is 0 Å². The zero-order valence-electron chi connectivity index (χ0n) is 12.4. The van der Waals surface area contributed by atoms with Crippen LogP contribution in [0, 0.1) is 0 Å². The molecular weight excluding hydrogens is 299 g/mol. The zero-order valence-corrected chi connectivity index (χ0v) is 13.2. The number of thiophene rings is 1. The predicted octanol–water partition coefficient (Wildman–Crippen LogP) is 4.24. The second-order valence-electron chi connectivity index (χ2n) is 5.53. The lowest BCUT2D eigenvalue weighted by atomic mass is 9.95. The van der Waals surface area contributed by atoms with Gasteiger partial charge in [-0.05, 0) is 51.2 Å². The van der Waals surface area contributed by atoms with E-state index in [9.17, 15) is 13.2 Å². The number of hydrogen-bond donors (Lipinski definition) is 1. The molecule has 2 unspecified atom stereocenters. The van der Waals surface area contributed by atoms with Crippen molar-refractivity contribution in [3.8, 4) is 0 Å². The van der Waals surface area contributed by atoms with Crippen molar-refractivity contribution in [2.75, 3.05) is 13.2 Å². The van der Waals surface area contributed by atoms with Gasteiger partial charge in [0, 0.05) is 22.4 Å². The molecule has 120 valence electrons. The number of fused-ring (bicyclic) bond motifs is 1. The molecule has 1 N–H and O–H groups in total. The summed E-state index contributed by atoms with van der Waals surface area (Å²) in [6.45, 7) is 3.55. The van der Waals surface area contributed by atoms with Crippen molar-refractivity contribution in [2.24, 2.45) is 0 Å². The van der Waals surface area contributed by atoms with Crippen LogP contribution in [0.5, 0.6) is 0 Å². The lowest BCUT2D eigenvalue weighted by Crippen LogP contribution is -2.36. The van der Waals surface area contributed by atoms with Crippen LogP contribution >= 0.6 is 11.3 Å². The maximum absolute atomic E-state index is 12.2. The molecule has 2 atom stereocenters. The third kappa shape index (κ3) is 4.97. The van der Waals surface area contributed by atoms with Gasteiger partial charge in [0.05, 0.1) is 12.6 Å². The molecule has 6 heteroatoms. The van der Waals surface area contributed by atoms with Gasteiger partial charge in [-0.3, -0.25) is 0 Å². The summed E-state index contributed by atoms with van der Waals surface area (Å²) in [5.74, 6) is 0. The van der Waals surface area contributed by atoms with Crippen molar-refractivity contribution >= 4 is 11.3 Å². The van der Waals surface area contributed by atoms with E-state index < -0.39 is 12.7 Å². The van der Waals surface area contributed by atoms with Gasteiger partial charge in [0.2, 0.25) is 0 Å². The van der Waals surface area contributed by atoms with Crippen molar-refractivity contribution in [3.63, 3.8) is 0 Å². The van der Waals surface area contributed by atoms with Crippen LogP contribution in [0.3, 0.4) is 0 Å². The van der Waals surface area contributed by atoms with Gasteiger partial charge < -0.3 is 10.1 Å². The molecule has 0 saturated carbocycles. The quantitative estimate of drug-likeness (QED) is 0.846. The van der Waals surface area contributed by atoms with E-state index in [2.05, 4.69) is 11.4 Å². The van der Waals surface area contributed by atoms with Crippen molar-refractivity contribution in [1.82, 2.24) is 5.32 Å². The number of alkyl halides is 3. The van der Waals surface area contributed by atoms with E-state index in [0.717, 1.165) is 24.1 Å². The van der Waals surface area contributed by atoms with Crippen molar-refractivity contribution in [3.05, 3.63) is 21.4 Å². The second-order valence-corrected chi connectivity index (χ2v) is 6.75. The molecule has 1 aliphatic carbocycles. The van der Waals surface area contributed by atoms with Gasteiger partial charge in [-0.1, -0.05) is 0 Å². The minimum absolute atomic E-state index is 0.169. The van der Waals surface area contributed by atoms with Gasteiger partial charge in [0.1, 0.15) is 0 Å². The lowest BCUT2D eigenvalue weighted by Gasteiger charge is -2.22. The van der Waals surface area contributed by atoms with Gasteiger partial charge >= 0.3 is 6.18 Å². The number of aryl methyl sites for hydroxylation is 1. The highest BCUT2D eigenvalue weighted by Crippen LogP contribution is 2.38. The molecule has 0 radical (unpaired) electrons. The van der Waals surface area contributed by atoms with Crippen LogP contribution in [0.25, 0.3) is 0 Å². The monoisotopic (exact) mass is 321 g/mol. The highest BCUT2D eigenvalue weighted by molar-refractivity contribution is 7.12. The van der Waals surface area contributed by atoms with E-state index in [-0.39, 0.29) is 12.1 Å². The molecule has 0 bridgehead atoms. The SMILES string of the molecule is CCOC1CCCc2sc(CC(C)NCC(F)(F)F)cc21. The van der Waals surface area contributed by atoms with Crippen LogP contribution in [0.1, 0.15) is 48.1 Å². The van der Waals surface area contributed by atoms with Gasteiger partial charge in [-0.15, -0.1) is 11.3 Å². The summed E-state index contributed by atoms with van der Waals surface area (Å²) in [4.78, 5) is 2.49. The smallest absolute Gasteiger partial charge is 0.374 e. The molecule has 1 heterocycles. The van der Waals surface area contributed by atoms with E-state index >= 15 is 0 Å². The zero-order chi connectivity index (χ0) is 15.5. The third-order valence-corrected chi connectivity index (χ3v) is 4.87. The lowest BCUT2D eigenvalue weighted by molar-refractivity contribution is -0.126. The van der Waals surface area contributed by atoms with E-state index in [1.54, 1.807) is 18.3 Å². The second kappa shape index (κ2) is 7.11. The summed E-state index contributed by atoms with van der Waals surface area (Å²) in [6.07, 6.45) is -0.121. The molecule has 2 nitrogen and oxygen atoms in total. The number of halogens is 3. The Hall–Kier alpha value is -0.590. The number of hydrogen-bond acceptors (Lipinski definition) is 3. The standard InChI is InChI=1S/C15H22F3NOS/c1-3-20-13-5-4-6-14-12(13)8-11(21-14)7-10(2)19-9-15(16,17)18/h8,10,13,19H,3-7,9H2,1-2H3. The first kappa shape index (κ1) is 16.8. The first-order valence-corrected chi connectivity index (χ1v) is 8.24. The van der Waals surface area contributed by atoms with Crippen LogP contribution in [0.2, 0.25) is 0 Å². The normalized spacial score (nSPS) is 20.3. The summed E-state index contributed by atoms with van der Waals surface area (Å²) in [5, 5.41) is 2.54. The number of nitrogens with one attached hydrogen (secondary N) is 1. The molecule has 0 spiro atoms. The Morgan fingerprint density at radius 1 is 1.48 bits per heavy atom. The Labute approximate surface area is 127 Å². The largest absolute Gasteiger partial charge is 0.401 e. The maximum Gasteiger partial charge on any atom is 0.401 e. The molecule has 1 aromatic heterocycles. The Balaban J connectivity index is 1.96. The fraction of sp³-hybridized carbons (Fsp3) is 0.733. The highest BCUT2D eigenvalue weighted by atomic mass is 32.1. The van der Waals surface area contributed by atoms with Gasteiger partial charge in [-0.25, -0.2) is 0 Å². The number of rotatable bonds is 6. The molecule has 0 aliphatic heterocycles. The molecule has 2 rings (SSSR count). The van der Waals surface area contributed by atoms with Crippen LogP contribution in [0.15, 0.2) is 6.07 Å². The first-order chi connectivity index (χ1) is 9.89. The summed E-state index contributed by atoms with van der Waals surface area (Å²) < 4.78 is 42.4. The Bertz CT molecular complexity index is 458. The molecule has 21 heavy (non-hydrogen) atoms. The van der Waals surface area contributed by atoms with Crippen LogP contribution < -0.4 is 5.32 Å². The average molecular weight is 321 g/mol.